The maximum Gasteiger partial charge on any atom is 0.290 e. The molecule has 0 bridgehead atoms. The summed E-state index contributed by atoms with van der Waals surface area (Å²) in [5.74, 6) is -0.00527. The fourth-order valence-electron chi connectivity index (χ4n) is 1.17. The second-order valence-corrected chi connectivity index (χ2v) is 3.02. The first kappa shape index (κ1) is 12.0. The van der Waals surface area contributed by atoms with Gasteiger partial charge in [0.15, 0.2) is 5.76 Å². The normalized spacial score (nSPS) is 10.7. The van der Waals surface area contributed by atoms with Crippen molar-refractivity contribution in [2.24, 2.45) is 0 Å². The Kier molecular flexibility index (Phi) is 4.86. The van der Waals surface area contributed by atoms with E-state index in [0.717, 1.165) is 5.69 Å². The average molecular weight is 217 g/mol. The van der Waals surface area contributed by atoms with Crippen LogP contribution in [0.2, 0.25) is 0 Å². The van der Waals surface area contributed by atoms with Crippen molar-refractivity contribution in [3.8, 4) is 0 Å². The minimum atomic E-state index is -0.270. The third kappa shape index (κ3) is 3.61. The van der Waals surface area contributed by atoms with Crippen molar-refractivity contribution in [3.05, 3.63) is 54.8 Å². The number of carbonyl (C=O) groups is 1. The highest BCUT2D eigenvalue weighted by Gasteiger charge is 2.09. The van der Waals surface area contributed by atoms with E-state index in [1.165, 1.54) is 6.08 Å². The first-order chi connectivity index (χ1) is 7.77. The van der Waals surface area contributed by atoms with Crippen LogP contribution in [-0.2, 0) is 9.53 Å². The summed E-state index contributed by atoms with van der Waals surface area (Å²) in [4.78, 5) is 11.7. The van der Waals surface area contributed by atoms with Crippen molar-refractivity contribution in [1.29, 1.82) is 0 Å². The fraction of sp³-hybridized carbons (Fsp3) is 0.154. The van der Waals surface area contributed by atoms with Crippen LogP contribution in [0.4, 0.5) is 5.69 Å². The van der Waals surface area contributed by atoms with Gasteiger partial charge in [-0.1, -0.05) is 30.9 Å². The molecular weight excluding hydrogens is 202 g/mol. The van der Waals surface area contributed by atoms with Crippen LogP contribution in [0.1, 0.15) is 6.92 Å². The molecule has 16 heavy (non-hydrogen) atoms. The van der Waals surface area contributed by atoms with Gasteiger partial charge in [-0.15, -0.1) is 0 Å². The maximum atomic E-state index is 11.7. The van der Waals surface area contributed by atoms with Crippen LogP contribution in [0.25, 0.3) is 0 Å². The first-order valence-electron chi connectivity index (χ1n) is 5.09. The predicted molar refractivity (Wildman–Crippen MR) is 65.0 cm³/mol. The van der Waals surface area contributed by atoms with Crippen LogP contribution < -0.4 is 5.32 Å². The van der Waals surface area contributed by atoms with Crippen LogP contribution in [0, 0.1) is 0 Å². The molecule has 3 heteroatoms. The lowest BCUT2D eigenvalue weighted by atomic mass is 10.3. The molecule has 1 rings (SSSR count). The predicted octanol–water partition coefficient (Wildman–Crippen LogP) is 2.73. The van der Waals surface area contributed by atoms with E-state index < -0.39 is 0 Å². The molecule has 0 fully saturated rings. The van der Waals surface area contributed by atoms with Gasteiger partial charge < -0.3 is 10.1 Å². The average Bonchev–Trinajstić information content (AvgIpc) is 2.30. The number of carbonyl (C=O) groups excluding carboxylic acids is 1. The molecule has 1 aromatic carbocycles. The number of ether oxygens (including phenoxy) is 1. The lowest BCUT2D eigenvalue weighted by molar-refractivity contribution is -0.116. The number of amides is 1. The molecule has 3 nitrogen and oxygen atoms in total. The second-order valence-electron chi connectivity index (χ2n) is 3.02. The molecule has 1 amide bonds. The summed E-state index contributed by atoms with van der Waals surface area (Å²) in [5, 5.41) is 2.73. The molecule has 0 saturated heterocycles. The molecule has 0 aromatic heterocycles. The van der Waals surface area contributed by atoms with Crippen LogP contribution in [0.15, 0.2) is 54.8 Å². The largest absolute Gasteiger partial charge is 0.488 e. The third-order valence-corrected chi connectivity index (χ3v) is 1.82. The minimum Gasteiger partial charge on any atom is -0.488 e. The van der Waals surface area contributed by atoms with Crippen LogP contribution >= 0.6 is 0 Å². The van der Waals surface area contributed by atoms with Gasteiger partial charge in [0.1, 0.15) is 0 Å². The molecule has 0 heterocycles. The highest BCUT2D eigenvalue weighted by atomic mass is 16.5. The number of anilines is 1. The summed E-state index contributed by atoms with van der Waals surface area (Å²) in [7, 11) is 0. The zero-order chi connectivity index (χ0) is 11.8. The van der Waals surface area contributed by atoms with Gasteiger partial charge in [-0.2, -0.15) is 0 Å². The monoisotopic (exact) mass is 217 g/mol. The molecule has 1 N–H and O–H groups in total. The number of para-hydroxylation sites is 1. The molecule has 0 aliphatic carbocycles. The Hall–Kier alpha value is -2.03. The number of nitrogens with one attached hydrogen (secondary N) is 1. The summed E-state index contributed by atoms with van der Waals surface area (Å²) in [6.45, 7) is 5.81. The molecule has 1 aromatic rings. The molecule has 84 valence electrons. The Morgan fingerprint density at radius 2 is 2.12 bits per heavy atom. The Labute approximate surface area is 95.4 Å². The van der Waals surface area contributed by atoms with Gasteiger partial charge in [-0.05, 0) is 25.1 Å². The van der Waals surface area contributed by atoms with Crippen molar-refractivity contribution < 1.29 is 9.53 Å². The first-order valence-corrected chi connectivity index (χ1v) is 5.09. The second kappa shape index (κ2) is 6.45. The van der Waals surface area contributed by atoms with Gasteiger partial charge in [0, 0.05) is 5.69 Å². The van der Waals surface area contributed by atoms with Crippen LogP contribution in [0.3, 0.4) is 0 Å². The number of benzene rings is 1. The number of allylic oxidation sites excluding steroid dienone is 2. The van der Waals surface area contributed by atoms with E-state index >= 15 is 0 Å². The number of rotatable bonds is 5. The van der Waals surface area contributed by atoms with E-state index in [1.54, 1.807) is 6.08 Å². The van der Waals surface area contributed by atoms with Crippen molar-refractivity contribution in [2.45, 2.75) is 6.92 Å². The van der Waals surface area contributed by atoms with E-state index in [9.17, 15) is 4.79 Å². The SMILES string of the molecule is C=C/C=C(/OCC)C(=O)Nc1ccccc1. The molecule has 0 spiro atoms. The van der Waals surface area contributed by atoms with Crippen molar-refractivity contribution in [3.63, 3.8) is 0 Å². The summed E-state index contributed by atoms with van der Waals surface area (Å²) in [6, 6.07) is 9.23. The van der Waals surface area contributed by atoms with E-state index in [2.05, 4.69) is 11.9 Å². The molecule has 0 atom stereocenters. The van der Waals surface area contributed by atoms with Crippen LogP contribution in [-0.4, -0.2) is 12.5 Å². The minimum absolute atomic E-state index is 0.265. The van der Waals surface area contributed by atoms with Crippen molar-refractivity contribution in [1.82, 2.24) is 0 Å². The topological polar surface area (TPSA) is 38.3 Å². The van der Waals surface area contributed by atoms with Crippen molar-refractivity contribution >= 4 is 11.6 Å². The van der Waals surface area contributed by atoms with E-state index in [-0.39, 0.29) is 11.7 Å². The summed E-state index contributed by atoms with van der Waals surface area (Å²) in [6.07, 6.45) is 3.07. The fourth-order valence-corrected chi connectivity index (χ4v) is 1.17. The molecule has 0 radical (unpaired) electrons. The standard InChI is InChI=1S/C13H15NO2/c1-3-8-12(16-4-2)13(15)14-11-9-6-5-7-10-11/h3,5-10H,1,4H2,2H3,(H,14,15)/b12-8+. The maximum absolute atomic E-state index is 11.7. The van der Waals surface area contributed by atoms with E-state index in [0.29, 0.717) is 6.61 Å². The van der Waals surface area contributed by atoms with Gasteiger partial charge in [-0.3, -0.25) is 4.79 Å². The highest BCUT2D eigenvalue weighted by Crippen LogP contribution is 2.08. The third-order valence-electron chi connectivity index (χ3n) is 1.82. The molecular formula is C13H15NO2. The van der Waals surface area contributed by atoms with Gasteiger partial charge in [0.25, 0.3) is 5.91 Å². The van der Waals surface area contributed by atoms with Crippen molar-refractivity contribution in [2.75, 3.05) is 11.9 Å². The zero-order valence-electron chi connectivity index (χ0n) is 9.27. The number of hydrogen-bond acceptors (Lipinski definition) is 2. The Balaban J connectivity index is 2.70. The highest BCUT2D eigenvalue weighted by molar-refractivity contribution is 6.02. The summed E-state index contributed by atoms with van der Waals surface area (Å²) in [5.41, 5.74) is 0.738. The van der Waals surface area contributed by atoms with E-state index in [4.69, 9.17) is 4.74 Å². The summed E-state index contributed by atoms with van der Waals surface area (Å²) < 4.78 is 5.19. The van der Waals surface area contributed by atoms with Gasteiger partial charge in [0.05, 0.1) is 6.61 Å². The van der Waals surface area contributed by atoms with E-state index in [1.807, 2.05) is 37.3 Å². The van der Waals surface area contributed by atoms with Gasteiger partial charge in [0.2, 0.25) is 0 Å². The molecule has 0 aliphatic rings. The zero-order valence-corrected chi connectivity index (χ0v) is 9.27. The smallest absolute Gasteiger partial charge is 0.290 e. The van der Waals surface area contributed by atoms with Crippen LogP contribution in [0.5, 0.6) is 0 Å². The Morgan fingerprint density at radius 1 is 1.44 bits per heavy atom. The number of hydrogen-bond donors (Lipinski definition) is 1. The molecule has 0 aliphatic heterocycles. The summed E-state index contributed by atoms with van der Waals surface area (Å²) >= 11 is 0. The quantitative estimate of drug-likeness (QED) is 0.468. The molecule has 0 saturated carbocycles. The lowest BCUT2D eigenvalue weighted by Gasteiger charge is -2.08. The van der Waals surface area contributed by atoms with Gasteiger partial charge in [-0.25, -0.2) is 0 Å². The van der Waals surface area contributed by atoms with Gasteiger partial charge >= 0.3 is 0 Å². The lowest BCUT2D eigenvalue weighted by Crippen LogP contribution is -2.16. The Bertz CT molecular complexity index is 382. The molecule has 0 unspecified atom stereocenters. The Morgan fingerprint density at radius 3 is 2.69 bits per heavy atom.